The van der Waals surface area contributed by atoms with Crippen LogP contribution in [-0.2, 0) is 5.54 Å². The molecule has 1 unspecified atom stereocenters. The summed E-state index contributed by atoms with van der Waals surface area (Å²) < 4.78 is 16.1. The maximum Gasteiger partial charge on any atom is 0.341 e. The third-order valence-electron chi connectivity index (χ3n) is 4.62. The first-order chi connectivity index (χ1) is 12.2. The van der Waals surface area contributed by atoms with E-state index in [0.717, 1.165) is 12.3 Å². The smallest absolute Gasteiger partial charge is 0.341 e. The second-order valence-electron chi connectivity index (χ2n) is 6.91. The van der Waals surface area contributed by atoms with E-state index in [2.05, 4.69) is 10.9 Å². The van der Waals surface area contributed by atoms with Crippen molar-refractivity contribution >= 4 is 22.8 Å². The molecule has 1 aliphatic heterocycles. The molecule has 3 rings (SSSR count). The molecule has 1 atom stereocenters. The summed E-state index contributed by atoms with van der Waals surface area (Å²) in [4.78, 5) is 30.0. The van der Waals surface area contributed by atoms with Gasteiger partial charge in [-0.3, -0.25) is 4.79 Å². The number of pyridine rings is 2. The van der Waals surface area contributed by atoms with E-state index in [1.165, 1.54) is 4.57 Å². The van der Waals surface area contributed by atoms with Crippen molar-refractivity contribution in [3.63, 3.8) is 0 Å². The summed E-state index contributed by atoms with van der Waals surface area (Å²) in [6, 6.07) is 0.949. The number of halogens is 1. The summed E-state index contributed by atoms with van der Waals surface area (Å²) in [6.07, 6.45) is 7.45. The Morgan fingerprint density at radius 2 is 2.23 bits per heavy atom. The molecular weight excluding hydrogens is 339 g/mol. The van der Waals surface area contributed by atoms with E-state index in [4.69, 9.17) is 12.2 Å². The Balaban J connectivity index is 2.36. The Bertz CT molecular complexity index is 1010. The first kappa shape index (κ1) is 17.9. The number of aromatic carboxylic acids is 1. The van der Waals surface area contributed by atoms with E-state index >= 15 is 0 Å². The number of nitrogens with zero attached hydrogens (tertiary/aromatic N) is 3. The largest absolute Gasteiger partial charge is 0.477 e. The predicted molar refractivity (Wildman–Crippen MR) is 95.9 cm³/mol. The fourth-order valence-electron chi connectivity index (χ4n) is 3.06. The van der Waals surface area contributed by atoms with Gasteiger partial charge in [-0.2, -0.15) is 0 Å². The summed E-state index contributed by atoms with van der Waals surface area (Å²) in [5.41, 5.74) is 3.76. The Morgan fingerprint density at radius 1 is 1.54 bits per heavy atom. The van der Waals surface area contributed by atoms with Gasteiger partial charge in [0.2, 0.25) is 5.43 Å². The van der Waals surface area contributed by atoms with E-state index in [1.807, 2.05) is 0 Å². The lowest BCUT2D eigenvalue weighted by Gasteiger charge is -2.26. The van der Waals surface area contributed by atoms with Crippen molar-refractivity contribution in [3.8, 4) is 12.3 Å². The number of carboxylic acids is 1. The lowest BCUT2D eigenvalue weighted by Crippen LogP contribution is -2.31. The molecule has 3 heterocycles. The van der Waals surface area contributed by atoms with E-state index in [9.17, 15) is 19.1 Å². The molecule has 0 bridgehead atoms. The molecule has 0 aromatic carbocycles. The van der Waals surface area contributed by atoms with Crippen molar-refractivity contribution < 1.29 is 14.3 Å². The molecule has 0 aliphatic carbocycles. The minimum Gasteiger partial charge on any atom is -0.477 e. The molecule has 1 fully saturated rings. The van der Waals surface area contributed by atoms with Gasteiger partial charge in [0.25, 0.3) is 0 Å². The third kappa shape index (κ3) is 2.80. The number of carboxylic acid groups (broad SMARTS) is 1. The number of hydrogen-bond donors (Lipinski definition) is 2. The quantitative estimate of drug-likeness (QED) is 0.798. The van der Waals surface area contributed by atoms with E-state index < -0.39 is 28.3 Å². The van der Waals surface area contributed by atoms with Gasteiger partial charge in [-0.05, 0) is 26.3 Å². The number of nitrogens with two attached hydrogens (primary N) is 1. The van der Waals surface area contributed by atoms with Gasteiger partial charge in [0.05, 0.1) is 5.39 Å². The second-order valence-corrected chi connectivity index (χ2v) is 6.91. The van der Waals surface area contributed by atoms with Gasteiger partial charge >= 0.3 is 5.97 Å². The lowest BCUT2D eigenvalue weighted by molar-refractivity contribution is 0.0694. The van der Waals surface area contributed by atoms with Crippen LogP contribution in [0.1, 0.15) is 30.6 Å². The first-order valence-corrected chi connectivity index (χ1v) is 8.13. The normalized spacial score (nSPS) is 17.5. The van der Waals surface area contributed by atoms with Crippen molar-refractivity contribution in [2.24, 2.45) is 5.73 Å². The number of hydrogen-bond acceptors (Lipinski definition) is 5. The SMILES string of the molecule is C#CC(C)(C)n1cc(C(=O)O)c(=O)c2cc(F)c(N3CCC(N)C3)nc21. The molecule has 3 N–H and O–H groups in total. The molecule has 2 aromatic rings. The van der Waals surface area contributed by atoms with Crippen molar-refractivity contribution in [3.05, 3.63) is 33.9 Å². The molecule has 0 amide bonds. The number of aromatic nitrogens is 2. The average molecular weight is 358 g/mol. The summed E-state index contributed by atoms with van der Waals surface area (Å²) >= 11 is 0. The number of fused-ring (bicyclic) bond motifs is 1. The fourth-order valence-corrected chi connectivity index (χ4v) is 3.06. The lowest BCUT2D eigenvalue weighted by atomic mass is 10.0. The van der Waals surface area contributed by atoms with Crippen LogP contribution in [0, 0.1) is 18.2 Å². The summed E-state index contributed by atoms with van der Waals surface area (Å²) in [5.74, 6) is 0.518. The van der Waals surface area contributed by atoms with Crippen molar-refractivity contribution in [1.82, 2.24) is 9.55 Å². The molecule has 1 aliphatic rings. The standard InChI is InChI=1S/C18H19FN4O3/c1-4-18(2,3)23-9-12(17(25)26)14(24)11-7-13(19)16(21-15(11)23)22-6-5-10(20)8-22/h1,7,9-10H,5-6,8,20H2,2-3H3,(H,25,26). The molecule has 1 saturated heterocycles. The zero-order valence-corrected chi connectivity index (χ0v) is 14.5. The van der Waals surface area contributed by atoms with Gasteiger partial charge in [-0.25, -0.2) is 14.2 Å². The van der Waals surface area contributed by atoms with Crippen LogP contribution in [0.2, 0.25) is 0 Å². The molecule has 7 nitrogen and oxygen atoms in total. The molecule has 0 spiro atoms. The van der Waals surface area contributed by atoms with E-state index in [1.54, 1.807) is 18.7 Å². The van der Waals surface area contributed by atoms with Gasteiger partial charge in [-0.1, -0.05) is 5.92 Å². The first-order valence-electron chi connectivity index (χ1n) is 8.13. The molecule has 2 aromatic heterocycles. The van der Waals surface area contributed by atoms with Crippen LogP contribution in [0.4, 0.5) is 10.2 Å². The van der Waals surface area contributed by atoms with E-state index in [0.29, 0.717) is 19.5 Å². The Labute approximate surface area is 149 Å². The monoisotopic (exact) mass is 358 g/mol. The third-order valence-corrected chi connectivity index (χ3v) is 4.62. The summed E-state index contributed by atoms with van der Waals surface area (Å²) in [6.45, 7) is 4.36. The highest BCUT2D eigenvalue weighted by molar-refractivity contribution is 5.92. The fraction of sp³-hybridized carbons (Fsp3) is 0.389. The van der Waals surface area contributed by atoms with Crippen LogP contribution < -0.4 is 16.1 Å². The Morgan fingerprint density at radius 3 is 2.77 bits per heavy atom. The molecule has 0 radical (unpaired) electrons. The summed E-state index contributed by atoms with van der Waals surface area (Å²) in [5, 5.41) is 9.19. The maximum absolute atomic E-state index is 14.6. The molecular formula is C18H19FN4O3. The van der Waals surface area contributed by atoms with Crippen LogP contribution in [-0.4, -0.2) is 39.8 Å². The molecule has 26 heavy (non-hydrogen) atoms. The van der Waals surface area contributed by atoms with E-state index in [-0.39, 0.29) is 22.9 Å². The molecule has 0 saturated carbocycles. The maximum atomic E-state index is 14.6. The van der Waals surface area contributed by atoms with Crippen LogP contribution >= 0.6 is 0 Å². The van der Waals surface area contributed by atoms with Crippen molar-refractivity contribution in [2.75, 3.05) is 18.0 Å². The number of anilines is 1. The Kier molecular flexibility index (Phi) is 4.20. The number of terminal acetylenes is 1. The highest BCUT2D eigenvalue weighted by atomic mass is 19.1. The number of carbonyl (C=O) groups is 1. The van der Waals surface area contributed by atoms with Crippen LogP contribution in [0.3, 0.4) is 0 Å². The van der Waals surface area contributed by atoms with Gasteiger partial charge < -0.3 is 20.3 Å². The van der Waals surface area contributed by atoms with Gasteiger partial charge in [0, 0.05) is 25.3 Å². The van der Waals surface area contributed by atoms with Gasteiger partial charge in [0.15, 0.2) is 11.6 Å². The number of rotatable bonds is 3. The second kappa shape index (κ2) is 6.11. The van der Waals surface area contributed by atoms with Crippen molar-refractivity contribution in [1.29, 1.82) is 0 Å². The minimum atomic E-state index is -1.41. The molecule has 136 valence electrons. The predicted octanol–water partition coefficient (Wildman–Crippen LogP) is 1.14. The minimum absolute atomic E-state index is 0.0781. The zero-order valence-electron chi connectivity index (χ0n) is 14.5. The highest BCUT2D eigenvalue weighted by Crippen LogP contribution is 2.27. The Hall–Kier alpha value is -2.92. The average Bonchev–Trinajstić information content (AvgIpc) is 3.00. The molecule has 8 heteroatoms. The summed E-state index contributed by atoms with van der Waals surface area (Å²) in [7, 11) is 0. The zero-order chi connectivity index (χ0) is 19.2. The highest BCUT2D eigenvalue weighted by Gasteiger charge is 2.28. The van der Waals surface area contributed by atoms with Crippen molar-refractivity contribution in [2.45, 2.75) is 31.8 Å². The van der Waals surface area contributed by atoms with Crippen LogP contribution in [0.5, 0.6) is 0 Å². The van der Waals surface area contributed by atoms with Crippen LogP contribution in [0.15, 0.2) is 17.1 Å². The topological polar surface area (TPSA) is 101 Å². The van der Waals surface area contributed by atoms with Gasteiger partial charge in [-0.15, -0.1) is 6.42 Å². The van der Waals surface area contributed by atoms with Gasteiger partial charge in [0.1, 0.15) is 16.7 Å². The van der Waals surface area contributed by atoms with Crippen LogP contribution in [0.25, 0.3) is 11.0 Å².